The van der Waals surface area contributed by atoms with Crippen LogP contribution in [0.4, 0.5) is 10.8 Å². The lowest BCUT2D eigenvalue weighted by atomic mass is 9.69. The lowest BCUT2D eigenvalue weighted by Gasteiger charge is -2.42. The van der Waals surface area contributed by atoms with Crippen LogP contribution in [0, 0.1) is 28.1 Å². The van der Waals surface area contributed by atoms with Gasteiger partial charge in [0.1, 0.15) is 11.9 Å². The third-order valence-corrected chi connectivity index (χ3v) is 8.68. The van der Waals surface area contributed by atoms with Crippen LogP contribution in [0.25, 0.3) is 0 Å². The number of nitrogens with one attached hydrogen (secondary N) is 1. The Bertz CT molecular complexity index is 1650. The summed E-state index contributed by atoms with van der Waals surface area (Å²) in [6.45, 7) is 4.05. The van der Waals surface area contributed by atoms with Gasteiger partial charge in [-0.25, -0.2) is 0 Å². The second kappa shape index (κ2) is 10.9. The molecular weight excluding hydrogens is 544 g/mol. The molecule has 1 amide bonds. The predicted molar refractivity (Wildman–Crippen MR) is 152 cm³/mol. The Labute approximate surface area is 239 Å². The molecule has 1 atom stereocenters. The fourth-order valence-electron chi connectivity index (χ4n) is 4.96. The molecule has 3 aromatic rings. The quantitative estimate of drug-likeness (QED) is 0.406. The van der Waals surface area contributed by atoms with Crippen molar-refractivity contribution in [2.45, 2.75) is 36.9 Å². The number of amides is 1. The number of allylic oxidation sites excluding steroid dienone is 3. The number of nitriles is 2. The summed E-state index contributed by atoms with van der Waals surface area (Å²) in [6.07, 6.45) is 4.19. The first kappa shape index (κ1) is 27.1. The Balaban J connectivity index is 1.45. The molecule has 0 fully saturated rings. The van der Waals surface area contributed by atoms with E-state index >= 15 is 0 Å². The molecule has 0 bridgehead atoms. The molecule has 1 aliphatic carbocycles. The Hall–Kier alpha value is -4.52. The topological polar surface area (TPSA) is 162 Å². The van der Waals surface area contributed by atoms with Crippen molar-refractivity contribution in [1.82, 2.24) is 15.2 Å². The van der Waals surface area contributed by atoms with E-state index in [0.29, 0.717) is 44.8 Å². The van der Waals surface area contributed by atoms with Crippen molar-refractivity contribution in [1.29, 1.82) is 10.5 Å². The highest BCUT2D eigenvalue weighted by Crippen LogP contribution is 2.50. The van der Waals surface area contributed by atoms with Crippen LogP contribution >= 0.6 is 23.1 Å². The van der Waals surface area contributed by atoms with Crippen molar-refractivity contribution in [3.05, 3.63) is 82.6 Å². The Morgan fingerprint density at radius 1 is 1.20 bits per heavy atom. The first-order chi connectivity index (χ1) is 19.2. The summed E-state index contributed by atoms with van der Waals surface area (Å²) in [7, 11) is 0. The van der Waals surface area contributed by atoms with E-state index in [4.69, 9.17) is 5.73 Å². The van der Waals surface area contributed by atoms with E-state index in [-0.39, 0.29) is 34.3 Å². The molecule has 0 radical (unpaired) electrons. The number of thioether (sulfide) groups is 1. The van der Waals surface area contributed by atoms with Crippen molar-refractivity contribution < 1.29 is 9.59 Å². The summed E-state index contributed by atoms with van der Waals surface area (Å²) in [5.74, 6) is -0.711. The van der Waals surface area contributed by atoms with E-state index in [1.807, 2.05) is 19.9 Å². The molecule has 200 valence electrons. The van der Waals surface area contributed by atoms with E-state index in [2.05, 4.69) is 32.6 Å². The highest BCUT2D eigenvalue weighted by Gasteiger charge is 2.45. The number of rotatable bonds is 6. The number of carbonyl (C=O) groups excluding carboxylic acids is 2. The SMILES string of the molecule is CC1(C)CC(=O)C2=C(C1)N(c1nnc(SCC(=O)Nc3ccccc3C#N)s1)C(N)=C(C#N)C2c1cccnc1. The van der Waals surface area contributed by atoms with Crippen molar-refractivity contribution in [2.75, 3.05) is 16.0 Å². The van der Waals surface area contributed by atoms with Gasteiger partial charge in [0, 0.05) is 30.1 Å². The first-order valence-corrected chi connectivity index (χ1v) is 14.1. The molecule has 40 heavy (non-hydrogen) atoms. The molecule has 2 aliphatic rings. The number of pyridine rings is 1. The van der Waals surface area contributed by atoms with E-state index in [0.717, 1.165) is 5.56 Å². The summed E-state index contributed by atoms with van der Waals surface area (Å²) in [5.41, 5.74) is 9.33. The van der Waals surface area contributed by atoms with Gasteiger partial charge in [0.25, 0.3) is 0 Å². The number of hydrogen-bond acceptors (Lipinski definition) is 11. The molecule has 2 aromatic heterocycles. The lowest BCUT2D eigenvalue weighted by molar-refractivity contribution is -0.118. The van der Waals surface area contributed by atoms with Crippen molar-refractivity contribution in [3.8, 4) is 12.1 Å². The maximum atomic E-state index is 13.6. The number of hydrogen-bond donors (Lipinski definition) is 2. The molecule has 0 spiro atoms. The van der Waals surface area contributed by atoms with Crippen LogP contribution in [0.1, 0.15) is 43.7 Å². The van der Waals surface area contributed by atoms with Crippen LogP contribution in [-0.2, 0) is 9.59 Å². The van der Waals surface area contributed by atoms with Crippen molar-refractivity contribution >= 4 is 45.6 Å². The number of nitrogens with two attached hydrogens (primary N) is 1. The van der Waals surface area contributed by atoms with Crippen LogP contribution in [0.3, 0.4) is 0 Å². The summed E-state index contributed by atoms with van der Waals surface area (Å²) < 4.78 is 0.517. The van der Waals surface area contributed by atoms with Gasteiger partial charge in [-0.05, 0) is 35.6 Å². The third-order valence-electron chi connectivity index (χ3n) is 6.63. The normalized spacial score (nSPS) is 18.1. The highest BCUT2D eigenvalue weighted by molar-refractivity contribution is 8.01. The summed E-state index contributed by atoms with van der Waals surface area (Å²) >= 11 is 2.41. The number of aromatic nitrogens is 3. The van der Waals surface area contributed by atoms with E-state index in [1.165, 1.54) is 23.1 Å². The maximum absolute atomic E-state index is 13.6. The molecule has 12 heteroatoms. The molecule has 0 saturated heterocycles. The van der Waals surface area contributed by atoms with Gasteiger partial charge in [-0.3, -0.25) is 19.5 Å². The minimum atomic E-state index is -0.615. The number of para-hydroxylation sites is 1. The average molecular weight is 569 g/mol. The molecule has 3 N–H and O–H groups in total. The largest absolute Gasteiger partial charge is 0.384 e. The minimum Gasteiger partial charge on any atom is -0.384 e. The van der Waals surface area contributed by atoms with Gasteiger partial charge in [-0.15, -0.1) is 10.2 Å². The zero-order valence-electron chi connectivity index (χ0n) is 21.7. The number of ketones is 1. The Kier molecular flexibility index (Phi) is 7.39. The van der Waals surface area contributed by atoms with Gasteiger partial charge in [-0.2, -0.15) is 10.5 Å². The number of anilines is 2. The fourth-order valence-corrected chi connectivity index (χ4v) is 6.64. The minimum absolute atomic E-state index is 0.0428. The van der Waals surface area contributed by atoms with Crippen LogP contribution in [0.2, 0.25) is 0 Å². The molecule has 1 aromatic carbocycles. The smallest absolute Gasteiger partial charge is 0.234 e. The van der Waals surface area contributed by atoms with Crippen LogP contribution in [-0.4, -0.2) is 32.6 Å². The van der Waals surface area contributed by atoms with Gasteiger partial charge < -0.3 is 11.1 Å². The highest BCUT2D eigenvalue weighted by atomic mass is 32.2. The lowest BCUT2D eigenvalue weighted by Crippen LogP contribution is -2.42. The van der Waals surface area contributed by atoms with E-state index in [9.17, 15) is 20.1 Å². The van der Waals surface area contributed by atoms with Crippen LogP contribution < -0.4 is 16.0 Å². The average Bonchev–Trinajstić information content (AvgIpc) is 3.40. The summed E-state index contributed by atoms with van der Waals surface area (Å²) in [4.78, 5) is 32.0. The third kappa shape index (κ3) is 5.19. The number of carbonyl (C=O) groups is 2. The number of Topliss-reactive ketones (excluding diaryl/α,β-unsaturated/α-hetero) is 1. The molecule has 0 saturated carbocycles. The summed E-state index contributed by atoms with van der Waals surface area (Å²) in [5, 5.41) is 31.1. The zero-order valence-corrected chi connectivity index (χ0v) is 23.3. The summed E-state index contributed by atoms with van der Waals surface area (Å²) in [6, 6.07) is 14.7. The fraction of sp³-hybridized carbons (Fsp3) is 0.250. The van der Waals surface area contributed by atoms with Gasteiger partial charge in [0.05, 0.1) is 34.6 Å². The molecule has 10 nitrogen and oxygen atoms in total. The standard InChI is InChI=1S/C28H24N8O2S2/c1-28(2)10-20-24(21(37)11-28)23(17-7-5-9-32-14-17)18(13-30)25(31)36(20)26-34-35-27(40-26)39-15-22(38)33-19-8-4-3-6-16(19)12-29/h3-9,14,23H,10-11,15,31H2,1-2H3,(H,33,38). The predicted octanol–water partition coefficient (Wildman–Crippen LogP) is 4.48. The molecule has 3 heterocycles. The second-order valence-corrected chi connectivity index (χ2v) is 12.3. The molecule has 5 rings (SSSR count). The van der Waals surface area contributed by atoms with Crippen molar-refractivity contribution in [2.24, 2.45) is 11.1 Å². The van der Waals surface area contributed by atoms with E-state index in [1.54, 1.807) is 47.6 Å². The Morgan fingerprint density at radius 3 is 2.73 bits per heavy atom. The van der Waals surface area contributed by atoms with Gasteiger partial charge in [0.2, 0.25) is 11.0 Å². The van der Waals surface area contributed by atoms with Gasteiger partial charge in [-0.1, -0.05) is 55.1 Å². The zero-order chi connectivity index (χ0) is 28.4. The molecular formula is C28H24N8O2S2. The maximum Gasteiger partial charge on any atom is 0.234 e. The van der Waals surface area contributed by atoms with Gasteiger partial charge >= 0.3 is 0 Å². The second-order valence-electron chi connectivity index (χ2n) is 10.1. The first-order valence-electron chi connectivity index (χ1n) is 12.3. The van der Waals surface area contributed by atoms with Crippen molar-refractivity contribution in [3.63, 3.8) is 0 Å². The van der Waals surface area contributed by atoms with Crippen LogP contribution in [0.15, 0.2) is 75.8 Å². The Morgan fingerprint density at radius 2 is 2.00 bits per heavy atom. The number of benzene rings is 1. The monoisotopic (exact) mass is 568 g/mol. The van der Waals surface area contributed by atoms with Gasteiger partial charge in [0.15, 0.2) is 10.1 Å². The number of nitrogens with zero attached hydrogens (tertiary/aromatic N) is 6. The van der Waals surface area contributed by atoms with E-state index < -0.39 is 5.92 Å². The van der Waals surface area contributed by atoms with Crippen LogP contribution in [0.5, 0.6) is 0 Å². The molecule has 1 unspecified atom stereocenters. The molecule has 1 aliphatic heterocycles.